The molecular weight excluding hydrogens is 186 g/mol. The van der Waals surface area contributed by atoms with Gasteiger partial charge in [-0.2, -0.15) is 0 Å². The van der Waals surface area contributed by atoms with Gasteiger partial charge in [-0.1, -0.05) is 39.7 Å². The lowest BCUT2D eigenvalue weighted by Gasteiger charge is -2.45. The average molecular weight is 209 g/mol. The Labute approximate surface area is 93.1 Å². The molecule has 0 aromatic rings. The molecule has 0 aromatic carbocycles. The van der Waals surface area contributed by atoms with Gasteiger partial charge in [0.2, 0.25) is 5.91 Å². The van der Waals surface area contributed by atoms with Gasteiger partial charge in [-0.25, -0.2) is 0 Å². The highest BCUT2D eigenvalue weighted by molar-refractivity contribution is 5.87. The van der Waals surface area contributed by atoms with Crippen molar-refractivity contribution in [1.82, 2.24) is 5.32 Å². The van der Waals surface area contributed by atoms with Gasteiger partial charge in [0.15, 0.2) is 0 Å². The highest BCUT2D eigenvalue weighted by Gasteiger charge is 2.39. The van der Waals surface area contributed by atoms with Crippen LogP contribution < -0.4 is 5.32 Å². The Bertz CT molecular complexity index is 237. The van der Waals surface area contributed by atoms with Crippen molar-refractivity contribution in [3.8, 4) is 0 Å². The van der Waals surface area contributed by atoms with Gasteiger partial charge in [-0.15, -0.1) is 0 Å². The first-order valence-electron chi connectivity index (χ1n) is 5.69. The minimum absolute atomic E-state index is 0. The fourth-order valence-corrected chi connectivity index (χ4v) is 3.18. The van der Waals surface area contributed by atoms with Crippen molar-refractivity contribution in [2.75, 3.05) is 0 Å². The quantitative estimate of drug-likeness (QED) is 0.696. The third-order valence-electron chi connectivity index (χ3n) is 3.79. The topological polar surface area (TPSA) is 29.1 Å². The highest BCUT2D eigenvalue weighted by atomic mass is 16.1. The number of carbonyl (C=O) groups is 1. The lowest BCUT2D eigenvalue weighted by molar-refractivity contribution is -0.119. The molecule has 0 aromatic heterocycles. The molecule has 2 saturated carbocycles. The first-order chi connectivity index (χ1) is 6.74. The predicted molar refractivity (Wildman–Crippen MR) is 63.6 cm³/mol. The number of carbonyl (C=O) groups excluding carboxylic acids is 1. The molecule has 0 unspecified atom stereocenters. The highest BCUT2D eigenvalue weighted by Crippen LogP contribution is 2.42. The molecule has 2 rings (SSSR count). The molecule has 0 radical (unpaired) electrons. The zero-order valence-corrected chi connectivity index (χ0v) is 8.72. The van der Waals surface area contributed by atoms with Crippen LogP contribution in [0.5, 0.6) is 0 Å². The second-order valence-corrected chi connectivity index (χ2v) is 4.83. The molecule has 2 aliphatic rings. The Hall–Kier alpha value is -0.790. The molecule has 15 heavy (non-hydrogen) atoms. The summed E-state index contributed by atoms with van der Waals surface area (Å²) in [4.78, 5) is 11.3. The van der Waals surface area contributed by atoms with E-state index in [2.05, 4.69) is 11.9 Å². The maximum Gasteiger partial charge on any atom is 0.243 e. The van der Waals surface area contributed by atoms with E-state index >= 15 is 0 Å². The van der Waals surface area contributed by atoms with Gasteiger partial charge in [0.1, 0.15) is 0 Å². The zero-order chi connectivity index (χ0) is 10.0. The van der Waals surface area contributed by atoms with E-state index in [9.17, 15) is 4.79 Å². The Kier molecular flexibility index (Phi) is 3.95. The maximum atomic E-state index is 11.3. The van der Waals surface area contributed by atoms with Crippen LogP contribution in [0, 0.1) is 5.92 Å². The maximum absolute atomic E-state index is 11.3. The molecule has 0 saturated heterocycles. The van der Waals surface area contributed by atoms with Crippen molar-refractivity contribution in [3.63, 3.8) is 0 Å². The molecule has 2 heteroatoms. The van der Waals surface area contributed by atoms with Crippen LogP contribution in [0.2, 0.25) is 0 Å². The van der Waals surface area contributed by atoms with Crippen LogP contribution in [-0.4, -0.2) is 11.4 Å². The van der Waals surface area contributed by atoms with Crippen molar-refractivity contribution >= 4 is 5.91 Å². The second-order valence-electron chi connectivity index (χ2n) is 4.83. The van der Waals surface area contributed by atoms with Crippen molar-refractivity contribution in [1.29, 1.82) is 0 Å². The molecule has 1 N–H and O–H groups in total. The fourth-order valence-electron chi connectivity index (χ4n) is 3.18. The van der Waals surface area contributed by atoms with Crippen LogP contribution >= 0.6 is 0 Å². The van der Waals surface area contributed by atoms with E-state index in [1.54, 1.807) is 0 Å². The van der Waals surface area contributed by atoms with E-state index in [1.807, 2.05) is 0 Å². The summed E-state index contributed by atoms with van der Waals surface area (Å²) in [6.07, 6.45) is 10.2. The Morgan fingerprint density at radius 1 is 1.33 bits per heavy atom. The summed E-state index contributed by atoms with van der Waals surface area (Å²) >= 11 is 0. The largest absolute Gasteiger partial charge is 0.347 e. The van der Waals surface area contributed by atoms with Gasteiger partial charge < -0.3 is 5.32 Å². The van der Waals surface area contributed by atoms with Crippen molar-refractivity contribution in [3.05, 3.63) is 12.7 Å². The second kappa shape index (κ2) is 4.82. The van der Waals surface area contributed by atoms with E-state index in [-0.39, 0.29) is 18.9 Å². The molecule has 86 valence electrons. The zero-order valence-electron chi connectivity index (χ0n) is 8.72. The summed E-state index contributed by atoms with van der Waals surface area (Å²) in [6, 6.07) is 0. The molecule has 2 nitrogen and oxygen atoms in total. The van der Waals surface area contributed by atoms with Gasteiger partial charge in [0, 0.05) is 5.54 Å². The van der Waals surface area contributed by atoms with Crippen molar-refractivity contribution < 1.29 is 4.79 Å². The normalized spacial score (nSPS) is 33.7. The van der Waals surface area contributed by atoms with E-state index < -0.39 is 0 Å². The van der Waals surface area contributed by atoms with Crippen LogP contribution in [0.4, 0.5) is 0 Å². The van der Waals surface area contributed by atoms with E-state index in [4.69, 9.17) is 0 Å². The van der Waals surface area contributed by atoms with Crippen molar-refractivity contribution in [2.24, 2.45) is 5.92 Å². The van der Waals surface area contributed by atoms with Gasteiger partial charge >= 0.3 is 0 Å². The molecule has 2 bridgehead atoms. The smallest absolute Gasteiger partial charge is 0.243 e. The minimum atomic E-state index is 0. The van der Waals surface area contributed by atoms with Gasteiger partial charge in [0.05, 0.1) is 0 Å². The number of fused-ring (bicyclic) bond motifs is 2. The first kappa shape index (κ1) is 12.3. The monoisotopic (exact) mass is 209 g/mol. The summed E-state index contributed by atoms with van der Waals surface area (Å²) in [6.45, 7) is 3.52. The third kappa shape index (κ3) is 2.61. The van der Waals surface area contributed by atoms with Crippen LogP contribution in [0.3, 0.4) is 0 Å². The summed E-state index contributed by atoms with van der Waals surface area (Å²) < 4.78 is 0. The van der Waals surface area contributed by atoms with E-state index in [0.717, 1.165) is 5.92 Å². The lowest BCUT2D eigenvalue weighted by Crippen LogP contribution is -2.52. The molecule has 2 fully saturated rings. The molecular formula is C13H23NO. The fraction of sp³-hybridized carbons (Fsp3) is 0.769. The summed E-state index contributed by atoms with van der Waals surface area (Å²) in [5, 5.41) is 3.16. The van der Waals surface area contributed by atoms with Crippen LogP contribution in [0.1, 0.15) is 52.4 Å². The van der Waals surface area contributed by atoms with E-state index in [0.29, 0.717) is 0 Å². The Morgan fingerprint density at radius 3 is 2.47 bits per heavy atom. The average Bonchev–Trinajstić information content (AvgIpc) is 2.17. The van der Waals surface area contributed by atoms with Crippen LogP contribution in [0.15, 0.2) is 12.7 Å². The summed E-state index contributed by atoms with van der Waals surface area (Å²) in [5.41, 5.74) is 0.131. The molecule has 0 spiro atoms. The molecule has 0 atom stereocenters. The number of hydrogen-bond donors (Lipinski definition) is 1. The predicted octanol–water partition coefficient (Wildman–Crippen LogP) is 3.04. The van der Waals surface area contributed by atoms with Crippen molar-refractivity contribution in [2.45, 2.75) is 57.9 Å². The standard InChI is InChI=1S/C12H19NO.CH4/c1-2-11(14)13-12-7-3-5-10(9-12)6-4-8-12;/h2,10H,1,3-9H2,(H,13,14);1H4. The number of hydrogen-bond acceptors (Lipinski definition) is 1. The number of amides is 1. The molecule has 0 aliphatic heterocycles. The lowest BCUT2D eigenvalue weighted by atomic mass is 9.67. The van der Waals surface area contributed by atoms with Gasteiger partial charge in [0.25, 0.3) is 0 Å². The van der Waals surface area contributed by atoms with Crippen LogP contribution in [0.25, 0.3) is 0 Å². The third-order valence-corrected chi connectivity index (χ3v) is 3.79. The summed E-state index contributed by atoms with van der Waals surface area (Å²) in [5.74, 6) is 0.871. The Morgan fingerprint density at radius 2 is 1.93 bits per heavy atom. The molecule has 1 amide bonds. The number of rotatable bonds is 2. The first-order valence-corrected chi connectivity index (χ1v) is 5.69. The van der Waals surface area contributed by atoms with Gasteiger partial charge in [-0.3, -0.25) is 4.79 Å². The van der Waals surface area contributed by atoms with Crippen LogP contribution in [-0.2, 0) is 4.79 Å². The Balaban J connectivity index is 0.00000112. The van der Waals surface area contributed by atoms with E-state index in [1.165, 1.54) is 51.0 Å². The summed E-state index contributed by atoms with van der Waals surface area (Å²) in [7, 11) is 0. The SMILES string of the molecule is C.C=CC(=O)NC12CCCC(CCC1)C2. The van der Waals surface area contributed by atoms with Gasteiger partial charge in [-0.05, 0) is 31.3 Å². The number of nitrogens with one attached hydrogen (secondary N) is 1. The minimum Gasteiger partial charge on any atom is -0.347 e. The molecule has 0 heterocycles. The molecule has 2 aliphatic carbocycles.